The molecule has 0 unspecified atom stereocenters. The van der Waals surface area contributed by atoms with E-state index in [0.717, 1.165) is 32.5 Å². The standard InChI is InChI=1S/C21H28N4O4S2/c1-14-6-5-7-15(2)19(14)23-20(26)16-10-12-25(13-11-16)21(27)22-17-8-9-18(30-17)31(28,29)24(3)4/h5-9,16H,10-13H2,1-4H3,(H,22,27)(H,23,26). The minimum absolute atomic E-state index is 0.0192. The summed E-state index contributed by atoms with van der Waals surface area (Å²) in [6, 6.07) is 8.68. The van der Waals surface area contributed by atoms with Crippen LogP contribution in [0.1, 0.15) is 24.0 Å². The van der Waals surface area contributed by atoms with Crippen LogP contribution in [0.15, 0.2) is 34.5 Å². The lowest BCUT2D eigenvalue weighted by molar-refractivity contribution is -0.121. The lowest BCUT2D eigenvalue weighted by atomic mass is 9.95. The fourth-order valence-electron chi connectivity index (χ4n) is 3.47. The molecule has 0 radical (unpaired) electrons. The number of anilines is 2. The number of hydrogen-bond acceptors (Lipinski definition) is 5. The molecule has 1 aromatic heterocycles. The number of urea groups is 1. The zero-order valence-corrected chi connectivity index (χ0v) is 19.8. The van der Waals surface area contributed by atoms with E-state index >= 15 is 0 Å². The van der Waals surface area contributed by atoms with Crippen LogP contribution in [0.4, 0.5) is 15.5 Å². The lowest BCUT2D eigenvalue weighted by Crippen LogP contribution is -2.43. The van der Waals surface area contributed by atoms with E-state index in [4.69, 9.17) is 0 Å². The van der Waals surface area contributed by atoms with Gasteiger partial charge in [-0.1, -0.05) is 18.2 Å². The number of likely N-dealkylation sites (tertiary alicyclic amines) is 1. The van der Waals surface area contributed by atoms with Gasteiger partial charge >= 0.3 is 6.03 Å². The zero-order chi connectivity index (χ0) is 22.8. The molecular weight excluding hydrogens is 436 g/mol. The minimum Gasteiger partial charge on any atom is -0.325 e. The molecule has 31 heavy (non-hydrogen) atoms. The van der Waals surface area contributed by atoms with E-state index < -0.39 is 10.0 Å². The molecule has 1 saturated heterocycles. The second-order valence-electron chi connectivity index (χ2n) is 7.85. The molecular formula is C21H28N4O4S2. The van der Waals surface area contributed by atoms with Crippen LogP contribution in [-0.2, 0) is 14.8 Å². The second kappa shape index (κ2) is 9.37. The minimum atomic E-state index is -3.52. The summed E-state index contributed by atoms with van der Waals surface area (Å²) in [6.07, 6.45) is 1.16. The van der Waals surface area contributed by atoms with Crippen LogP contribution >= 0.6 is 11.3 Å². The molecule has 3 rings (SSSR count). The van der Waals surface area contributed by atoms with Gasteiger partial charge in [-0.3, -0.25) is 10.1 Å². The number of nitrogens with zero attached hydrogens (tertiary/aromatic N) is 2. The third-order valence-electron chi connectivity index (χ3n) is 5.43. The summed E-state index contributed by atoms with van der Waals surface area (Å²) in [6.45, 7) is 4.86. The molecule has 2 heterocycles. The molecule has 0 aliphatic carbocycles. The van der Waals surface area contributed by atoms with Crippen LogP contribution in [0.2, 0.25) is 0 Å². The summed E-state index contributed by atoms with van der Waals surface area (Å²) in [5.74, 6) is -0.170. The quantitative estimate of drug-likeness (QED) is 0.707. The number of amides is 3. The summed E-state index contributed by atoms with van der Waals surface area (Å²) >= 11 is 1.02. The fraction of sp³-hybridized carbons (Fsp3) is 0.429. The van der Waals surface area contributed by atoms with Gasteiger partial charge in [0.05, 0.1) is 5.00 Å². The maximum atomic E-state index is 12.7. The molecule has 3 amide bonds. The van der Waals surface area contributed by atoms with Crippen molar-refractivity contribution in [2.24, 2.45) is 5.92 Å². The number of benzene rings is 1. The number of nitrogens with one attached hydrogen (secondary N) is 2. The van der Waals surface area contributed by atoms with Crippen molar-refractivity contribution in [2.75, 3.05) is 37.8 Å². The van der Waals surface area contributed by atoms with Gasteiger partial charge in [0, 0.05) is 38.8 Å². The Kier molecular flexibility index (Phi) is 7.03. The summed E-state index contributed by atoms with van der Waals surface area (Å²) in [7, 11) is -0.591. The van der Waals surface area contributed by atoms with Crippen molar-refractivity contribution in [3.05, 3.63) is 41.5 Å². The van der Waals surface area contributed by atoms with Gasteiger partial charge in [-0.25, -0.2) is 17.5 Å². The van der Waals surface area contributed by atoms with Crippen molar-refractivity contribution in [1.29, 1.82) is 0 Å². The SMILES string of the molecule is Cc1cccc(C)c1NC(=O)C1CCN(C(=O)Nc2ccc(S(=O)(=O)N(C)C)s2)CC1. The molecule has 168 valence electrons. The highest BCUT2D eigenvalue weighted by Crippen LogP contribution is 2.29. The average Bonchev–Trinajstić information content (AvgIpc) is 3.20. The number of rotatable bonds is 5. The number of piperidine rings is 1. The highest BCUT2D eigenvalue weighted by atomic mass is 32.2. The van der Waals surface area contributed by atoms with Gasteiger partial charge in [0.1, 0.15) is 4.21 Å². The Hall–Kier alpha value is -2.43. The number of carbonyl (C=O) groups is 2. The predicted octanol–water partition coefficient (Wildman–Crippen LogP) is 3.50. The molecule has 1 aromatic carbocycles. The largest absolute Gasteiger partial charge is 0.325 e. The Morgan fingerprint density at radius 1 is 1.03 bits per heavy atom. The summed E-state index contributed by atoms with van der Waals surface area (Å²) in [5, 5.41) is 6.28. The number of hydrogen-bond donors (Lipinski definition) is 2. The van der Waals surface area contributed by atoms with E-state index in [1.165, 1.54) is 20.2 Å². The molecule has 0 atom stereocenters. The Balaban J connectivity index is 1.54. The van der Waals surface area contributed by atoms with Gasteiger partial charge in [-0.05, 0) is 49.9 Å². The summed E-state index contributed by atoms with van der Waals surface area (Å²) in [4.78, 5) is 26.9. The maximum absolute atomic E-state index is 12.7. The zero-order valence-electron chi connectivity index (χ0n) is 18.1. The Morgan fingerprint density at radius 2 is 1.65 bits per heavy atom. The van der Waals surface area contributed by atoms with Crippen molar-refractivity contribution < 1.29 is 18.0 Å². The topological polar surface area (TPSA) is 98.8 Å². The maximum Gasteiger partial charge on any atom is 0.322 e. The number of aryl methyl sites for hydroxylation is 2. The molecule has 0 bridgehead atoms. The van der Waals surface area contributed by atoms with Gasteiger partial charge in [0.15, 0.2) is 0 Å². The summed E-state index contributed by atoms with van der Waals surface area (Å²) in [5.41, 5.74) is 2.90. The predicted molar refractivity (Wildman–Crippen MR) is 123 cm³/mol. The van der Waals surface area contributed by atoms with Crippen molar-refractivity contribution in [3.63, 3.8) is 0 Å². The lowest BCUT2D eigenvalue weighted by Gasteiger charge is -2.31. The number of para-hydroxylation sites is 1. The number of sulfonamides is 1. The first-order valence-electron chi connectivity index (χ1n) is 10.0. The first-order valence-corrected chi connectivity index (χ1v) is 12.3. The fourth-order valence-corrected chi connectivity index (χ4v) is 5.84. The molecule has 1 aliphatic rings. The van der Waals surface area contributed by atoms with Crippen LogP contribution in [0.5, 0.6) is 0 Å². The Bertz CT molecular complexity index is 1050. The van der Waals surface area contributed by atoms with E-state index in [-0.39, 0.29) is 22.1 Å². The van der Waals surface area contributed by atoms with E-state index in [9.17, 15) is 18.0 Å². The smallest absolute Gasteiger partial charge is 0.322 e. The van der Waals surface area contributed by atoms with Crippen molar-refractivity contribution in [3.8, 4) is 0 Å². The highest BCUT2D eigenvalue weighted by molar-refractivity contribution is 7.91. The highest BCUT2D eigenvalue weighted by Gasteiger charge is 2.28. The summed E-state index contributed by atoms with van der Waals surface area (Å²) < 4.78 is 25.7. The third-order valence-corrected chi connectivity index (χ3v) is 8.71. The third kappa shape index (κ3) is 5.25. The van der Waals surface area contributed by atoms with Gasteiger partial charge in [0.2, 0.25) is 5.91 Å². The molecule has 0 saturated carbocycles. The monoisotopic (exact) mass is 464 g/mol. The first-order chi connectivity index (χ1) is 14.6. The van der Waals surface area contributed by atoms with Crippen LogP contribution in [0.3, 0.4) is 0 Å². The normalized spacial score (nSPS) is 15.2. The Morgan fingerprint density at radius 3 is 2.23 bits per heavy atom. The number of thiophene rings is 1. The van der Waals surface area contributed by atoms with Crippen LogP contribution < -0.4 is 10.6 Å². The van der Waals surface area contributed by atoms with Crippen LogP contribution in [0.25, 0.3) is 0 Å². The first kappa shape index (κ1) is 23.2. The molecule has 1 aliphatic heterocycles. The van der Waals surface area contributed by atoms with Gasteiger partial charge in [-0.15, -0.1) is 11.3 Å². The molecule has 8 nitrogen and oxygen atoms in total. The van der Waals surface area contributed by atoms with E-state index in [1.807, 2.05) is 32.0 Å². The van der Waals surface area contributed by atoms with Gasteiger partial charge in [-0.2, -0.15) is 0 Å². The van der Waals surface area contributed by atoms with E-state index in [2.05, 4.69) is 10.6 Å². The van der Waals surface area contributed by atoms with Crippen molar-refractivity contribution in [2.45, 2.75) is 30.9 Å². The molecule has 10 heteroatoms. The number of carbonyl (C=O) groups excluding carboxylic acids is 2. The second-order valence-corrected chi connectivity index (χ2v) is 11.3. The van der Waals surface area contributed by atoms with E-state index in [1.54, 1.807) is 11.0 Å². The van der Waals surface area contributed by atoms with E-state index in [0.29, 0.717) is 30.9 Å². The molecule has 0 spiro atoms. The molecule has 1 fully saturated rings. The van der Waals surface area contributed by atoms with Crippen LogP contribution in [0, 0.1) is 19.8 Å². The van der Waals surface area contributed by atoms with Crippen molar-refractivity contribution in [1.82, 2.24) is 9.21 Å². The molecule has 2 N–H and O–H groups in total. The van der Waals surface area contributed by atoms with Gasteiger partial charge in [0.25, 0.3) is 10.0 Å². The van der Waals surface area contributed by atoms with Crippen molar-refractivity contribution >= 4 is 44.0 Å². The molecule has 2 aromatic rings. The van der Waals surface area contributed by atoms with Gasteiger partial charge < -0.3 is 10.2 Å². The average molecular weight is 465 g/mol. The van der Waals surface area contributed by atoms with Crippen LogP contribution in [-0.4, -0.2) is 56.7 Å². The Labute approximate surface area is 187 Å².